The monoisotopic (exact) mass is 391 g/mol. The molecule has 0 bridgehead atoms. The molecule has 150 valence electrons. The summed E-state index contributed by atoms with van der Waals surface area (Å²) in [4.78, 5) is 39.2. The second-order valence-electron chi connectivity index (χ2n) is 7.85. The zero-order chi connectivity index (χ0) is 20.4. The predicted octanol–water partition coefficient (Wildman–Crippen LogP) is 3.13. The van der Waals surface area contributed by atoms with Crippen LogP contribution in [0, 0.1) is 5.92 Å². The number of carbonyl (C=O) groups excluding carboxylic acids is 3. The maximum Gasteiger partial charge on any atom is 0.251 e. The number of rotatable bonds is 6. The summed E-state index contributed by atoms with van der Waals surface area (Å²) in [5.41, 5.74) is 2.15. The molecule has 3 amide bonds. The van der Waals surface area contributed by atoms with Gasteiger partial charge in [0.25, 0.3) is 5.91 Å². The van der Waals surface area contributed by atoms with Gasteiger partial charge in [-0.15, -0.1) is 0 Å². The van der Waals surface area contributed by atoms with Crippen LogP contribution in [-0.2, 0) is 9.59 Å². The van der Waals surface area contributed by atoms with Crippen molar-refractivity contribution in [2.75, 3.05) is 11.9 Å². The van der Waals surface area contributed by atoms with Crippen molar-refractivity contribution in [3.63, 3.8) is 0 Å². The third-order valence-electron chi connectivity index (χ3n) is 5.58. The van der Waals surface area contributed by atoms with Crippen molar-refractivity contribution in [1.82, 2.24) is 10.2 Å². The molecule has 6 nitrogen and oxygen atoms in total. The van der Waals surface area contributed by atoms with Crippen LogP contribution in [0.1, 0.15) is 48.1 Å². The number of benzene rings is 2. The summed E-state index contributed by atoms with van der Waals surface area (Å²) < 4.78 is 0. The minimum Gasteiger partial charge on any atom is -0.349 e. The zero-order valence-electron chi connectivity index (χ0n) is 16.4. The Morgan fingerprint density at radius 2 is 1.83 bits per heavy atom. The zero-order valence-corrected chi connectivity index (χ0v) is 16.4. The van der Waals surface area contributed by atoms with Gasteiger partial charge >= 0.3 is 0 Å². The highest BCUT2D eigenvalue weighted by atomic mass is 16.2. The molecule has 4 rings (SSSR count). The summed E-state index contributed by atoms with van der Waals surface area (Å²) in [7, 11) is 0. The van der Waals surface area contributed by atoms with E-state index in [9.17, 15) is 14.4 Å². The Kier molecular flexibility index (Phi) is 5.34. The smallest absolute Gasteiger partial charge is 0.251 e. The lowest BCUT2D eigenvalue weighted by atomic mass is 10.1. The van der Waals surface area contributed by atoms with Crippen LogP contribution < -0.4 is 10.6 Å². The Labute approximate surface area is 170 Å². The predicted molar refractivity (Wildman–Crippen MR) is 110 cm³/mol. The first-order chi connectivity index (χ1) is 14.0. The highest BCUT2D eigenvalue weighted by Crippen LogP contribution is 2.29. The number of amides is 3. The summed E-state index contributed by atoms with van der Waals surface area (Å²) in [6.45, 7) is 2.37. The van der Waals surface area contributed by atoms with Crippen molar-refractivity contribution in [3.05, 3.63) is 65.7 Å². The van der Waals surface area contributed by atoms with Crippen molar-refractivity contribution >= 4 is 23.4 Å². The van der Waals surface area contributed by atoms with Crippen molar-refractivity contribution < 1.29 is 14.4 Å². The average Bonchev–Trinajstić information content (AvgIpc) is 3.46. The lowest BCUT2D eigenvalue weighted by Crippen LogP contribution is -2.30. The lowest BCUT2D eigenvalue weighted by molar-refractivity contribution is -0.129. The number of carbonyl (C=O) groups is 3. The van der Waals surface area contributed by atoms with Gasteiger partial charge in [-0.2, -0.15) is 0 Å². The molecule has 2 fully saturated rings. The van der Waals surface area contributed by atoms with Crippen LogP contribution in [0.25, 0.3) is 0 Å². The average molecular weight is 391 g/mol. The lowest BCUT2D eigenvalue weighted by Gasteiger charge is -2.25. The van der Waals surface area contributed by atoms with Gasteiger partial charge in [0.2, 0.25) is 11.8 Å². The molecular formula is C23H25N3O3. The van der Waals surface area contributed by atoms with Crippen molar-refractivity contribution in [1.29, 1.82) is 0 Å². The standard InChI is InChI=1S/C23H25N3O3/c1-15(16-6-3-2-4-7-16)26-14-18(13-21(26)27)23(29)25-20-9-5-8-17(12-20)22(28)24-19-10-11-19/h2-9,12,15,18-19H,10-11,13-14H2,1H3,(H,24,28)(H,25,29)/t15-,18+/m0/s1. The molecule has 2 aromatic carbocycles. The molecule has 6 heteroatoms. The van der Waals surface area contributed by atoms with Gasteiger partial charge in [-0.3, -0.25) is 14.4 Å². The van der Waals surface area contributed by atoms with E-state index in [2.05, 4.69) is 10.6 Å². The van der Waals surface area contributed by atoms with Crippen molar-refractivity contribution in [2.24, 2.45) is 5.92 Å². The highest BCUT2D eigenvalue weighted by Gasteiger charge is 2.37. The van der Waals surface area contributed by atoms with Gasteiger partial charge in [-0.25, -0.2) is 0 Å². The molecule has 0 spiro atoms. The number of nitrogens with one attached hydrogen (secondary N) is 2. The summed E-state index contributed by atoms with van der Waals surface area (Å²) in [5, 5.41) is 5.81. The Hall–Kier alpha value is -3.15. The van der Waals surface area contributed by atoms with Crippen LogP contribution >= 0.6 is 0 Å². The molecule has 0 radical (unpaired) electrons. The second-order valence-corrected chi connectivity index (χ2v) is 7.85. The summed E-state index contributed by atoms with van der Waals surface area (Å²) >= 11 is 0. The summed E-state index contributed by atoms with van der Waals surface area (Å²) in [6, 6.07) is 16.9. The van der Waals surface area contributed by atoms with Gasteiger partial charge in [-0.1, -0.05) is 36.4 Å². The van der Waals surface area contributed by atoms with Crippen LogP contribution in [0.5, 0.6) is 0 Å². The first-order valence-corrected chi connectivity index (χ1v) is 10.1. The molecule has 2 N–H and O–H groups in total. The Morgan fingerprint density at radius 3 is 2.55 bits per heavy atom. The highest BCUT2D eigenvalue weighted by molar-refractivity contribution is 5.99. The molecule has 1 aliphatic heterocycles. The molecule has 1 heterocycles. The van der Waals surface area contributed by atoms with Gasteiger partial charge in [0, 0.05) is 30.3 Å². The minimum absolute atomic E-state index is 0.0148. The summed E-state index contributed by atoms with van der Waals surface area (Å²) in [5.74, 6) is -0.736. The minimum atomic E-state index is -0.405. The topological polar surface area (TPSA) is 78.5 Å². The molecule has 2 aromatic rings. The Bertz CT molecular complexity index is 924. The third-order valence-corrected chi connectivity index (χ3v) is 5.58. The fraction of sp³-hybridized carbons (Fsp3) is 0.348. The Morgan fingerprint density at radius 1 is 1.07 bits per heavy atom. The SMILES string of the molecule is C[C@@H](c1ccccc1)N1C[C@H](C(=O)Nc2cccc(C(=O)NC3CC3)c2)CC1=O. The van der Waals surface area contributed by atoms with E-state index < -0.39 is 5.92 Å². The van der Waals surface area contributed by atoms with Crippen LogP contribution in [0.4, 0.5) is 5.69 Å². The van der Waals surface area contributed by atoms with E-state index >= 15 is 0 Å². The summed E-state index contributed by atoms with van der Waals surface area (Å²) in [6.07, 6.45) is 2.25. The van der Waals surface area contributed by atoms with Crippen LogP contribution in [0.2, 0.25) is 0 Å². The molecular weight excluding hydrogens is 366 g/mol. The molecule has 29 heavy (non-hydrogen) atoms. The molecule has 2 aliphatic rings. The van der Waals surface area contributed by atoms with E-state index in [1.165, 1.54) is 0 Å². The van der Waals surface area contributed by atoms with E-state index in [-0.39, 0.29) is 36.2 Å². The number of likely N-dealkylation sites (tertiary alicyclic amines) is 1. The van der Waals surface area contributed by atoms with Crippen LogP contribution in [0.3, 0.4) is 0 Å². The number of nitrogens with zero attached hydrogens (tertiary/aromatic N) is 1. The van der Waals surface area contributed by atoms with Gasteiger partial charge < -0.3 is 15.5 Å². The quantitative estimate of drug-likeness (QED) is 0.794. The number of hydrogen-bond acceptors (Lipinski definition) is 3. The fourth-order valence-corrected chi connectivity index (χ4v) is 3.67. The van der Waals surface area contributed by atoms with Gasteiger partial charge in [0.1, 0.15) is 0 Å². The van der Waals surface area contributed by atoms with E-state index in [0.29, 0.717) is 17.8 Å². The van der Waals surface area contributed by atoms with E-state index in [1.807, 2.05) is 37.3 Å². The molecule has 1 saturated heterocycles. The van der Waals surface area contributed by atoms with Crippen LogP contribution in [0.15, 0.2) is 54.6 Å². The van der Waals surface area contributed by atoms with Gasteiger partial charge in [0.05, 0.1) is 12.0 Å². The maximum absolute atomic E-state index is 12.7. The molecule has 0 aromatic heterocycles. The first-order valence-electron chi connectivity index (χ1n) is 10.1. The van der Waals surface area contributed by atoms with Crippen molar-refractivity contribution in [2.45, 2.75) is 38.3 Å². The molecule has 0 unspecified atom stereocenters. The largest absolute Gasteiger partial charge is 0.349 e. The number of hydrogen-bond donors (Lipinski definition) is 2. The molecule has 1 aliphatic carbocycles. The third kappa shape index (κ3) is 4.47. The van der Waals surface area contributed by atoms with E-state index in [4.69, 9.17) is 0 Å². The Balaban J connectivity index is 1.39. The normalized spacial score (nSPS) is 19.7. The van der Waals surface area contributed by atoms with Crippen molar-refractivity contribution in [3.8, 4) is 0 Å². The second kappa shape index (κ2) is 8.07. The van der Waals surface area contributed by atoms with E-state index in [0.717, 1.165) is 18.4 Å². The fourth-order valence-electron chi connectivity index (χ4n) is 3.67. The van der Waals surface area contributed by atoms with Gasteiger partial charge in [0.15, 0.2) is 0 Å². The molecule has 2 atom stereocenters. The first kappa shape index (κ1) is 19.2. The maximum atomic E-state index is 12.7. The van der Waals surface area contributed by atoms with Gasteiger partial charge in [-0.05, 0) is 43.5 Å². The number of anilines is 1. The van der Waals surface area contributed by atoms with Crippen LogP contribution in [-0.4, -0.2) is 35.2 Å². The van der Waals surface area contributed by atoms with E-state index in [1.54, 1.807) is 29.2 Å². The molecule has 1 saturated carbocycles.